The molecule has 1 aliphatic rings. The molecule has 0 fully saturated rings. The molecule has 0 bridgehead atoms. The van der Waals surface area contributed by atoms with Crippen molar-refractivity contribution in [1.82, 2.24) is 5.43 Å². The van der Waals surface area contributed by atoms with Crippen molar-refractivity contribution in [2.75, 3.05) is 6.79 Å². The van der Waals surface area contributed by atoms with E-state index in [2.05, 4.69) is 10.5 Å². The number of carbonyl (C=O) groups excluding carboxylic acids is 1. The lowest BCUT2D eigenvalue weighted by Crippen LogP contribution is -2.18. The van der Waals surface area contributed by atoms with Gasteiger partial charge < -0.3 is 9.47 Å². The normalized spacial score (nSPS) is 12.2. The van der Waals surface area contributed by atoms with Crippen LogP contribution in [0.1, 0.15) is 21.5 Å². The van der Waals surface area contributed by atoms with Crippen LogP contribution < -0.4 is 14.9 Å². The van der Waals surface area contributed by atoms with Crippen molar-refractivity contribution in [2.45, 2.75) is 6.92 Å². The zero-order chi connectivity index (χ0) is 19.6. The van der Waals surface area contributed by atoms with E-state index < -0.39 is 15.8 Å². The van der Waals surface area contributed by atoms with Gasteiger partial charge in [-0.2, -0.15) is 5.10 Å². The molecule has 0 unspecified atom stereocenters. The maximum absolute atomic E-state index is 12.1. The molecule has 0 saturated carbocycles. The van der Waals surface area contributed by atoms with E-state index in [9.17, 15) is 25.0 Å². The Labute approximate surface area is 151 Å². The Bertz CT molecular complexity index is 987. The Morgan fingerprint density at radius 2 is 1.78 bits per heavy atom. The summed E-state index contributed by atoms with van der Waals surface area (Å²) in [6, 6.07) is 6.56. The van der Waals surface area contributed by atoms with E-state index in [1.807, 2.05) is 0 Å². The quantitative estimate of drug-likeness (QED) is 0.481. The van der Waals surface area contributed by atoms with Gasteiger partial charge in [-0.15, -0.1) is 0 Å². The average Bonchev–Trinajstić information content (AvgIpc) is 3.08. The molecule has 1 N–H and O–H groups in total. The number of hydrogen-bond donors (Lipinski definition) is 1. The molecular formula is C16H12N4O7. The smallest absolute Gasteiger partial charge is 0.282 e. The predicted molar refractivity (Wildman–Crippen MR) is 92.1 cm³/mol. The molecule has 0 spiro atoms. The topological polar surface area (TPSA) is 146 Å². The lowest BCUT2D eigenvalue weighted by Gasteiger charge is -2.03. The van der Waals surface area contributed by atoms with Gasteiger partial charge in [-0.3, -0.25) is 25.0 Å². The molecule has 11 heteroatoms. The number of fused-ring (bicyclic) bond motifs is 1. The predicted octanol–water partition coefficient (Wildman–Crippen LogP) is 2.30. The number of amides is 1. The molecule has 1 aliphatic heterocycles. The van der Waals surface area contributed by atoms with Gasteiger partial charge in [0.2, 0.25) is 6.79 Å². The SMILES string of the molecule is Cc1ccc(C(=O)N/N=C/c2cc3c(cc2[N+](=O)[O-])OCO3)cc1[N+](=O)[O-]. The highest BCUT2D eigenvalue weighted by atomic mass is 16.7. The molecule has 0 atom stereocenters. The molecule has 0 aliphatic carbocycles. The minimum atomic E-state index is -0.697. The van der Waals surface area contributed by atoms with Crippen LogP contribution in [-0.2, 0) is 0 Å². The number of aryl methyl sites for hydroxylation is 1. The molecule has 0 radical (unpaired) electrons. The molecule has 2 aromatic rings. The number of ether oxygens (including phenoxy) is 2. The van der Waals surface area contributed by atoms with Crippen molar-refractivity contribution in [3.05, 3.63) is 67.3 Å². The van der Waals surface area contributed by atoms with Crippen molar-refractivity contribution >= 4 is 23.5 Å². The van der Waals surface area contributed by atoms with Crippen LogP contribution >= 0.6 is 0 Å². The van der Waals surface area contributed by atoms with Crippen LogP contribution in [0.3, 0.4) is 0 Å². The Hall–Kier alpha value is -4.02. The van der Waals surface area contributed by atoms with E-state index in [1.54, 1.807) is 6.92 Å². The molecule has 1 amide bonds. The number of nitro groups is 2. The lowest BCUT2D eigenvalue weighted by atomic mass is 10.1. The maximum atomic E-state index is 12.1. The van der Waals surface area contributed by atoms with Crippen LogP contribution in [0, 0.1) is 27.2 Å². The van der Waals surface area contributed by atoms with Crippen molar-refractivity contribution in [1.29, 1.82) is 0 Å². The summed E-state index contributed by atoms with van der Waals surface area (Å²) in [7, 11) is 0. The number of carbonyl (C=O) groups is 1. The Morgan fingerprint density at radius 1 is 1.11 bits per heavy atom. The third kappa shape index (κ3) is 3.66. The summed E-state index contributed by atoms with van der Waals surface area (Å²) in [5.41, 5.74) is 2.25. The van der Waals surface area contributed by atoms with Crippen molar-refractivity contribution in [2.24, 2.45) is 5.10 Å². The van der Waals surface area contributed by atoms with Gasteiger partial charge in [0.25, 0.3) is 17.3 Å². The highest BCUT2D eigenvalue weighted by Gasteiger charge is 2.22. The first kappa shape index (κ1) is 17.8. The number of benzene rings is 2. The van der Waals surface area contributed by atoms with Gasteiger partial charge in [0.15, 0.2) is 11.5 Å². The molecular weight excluding hydrogens is 360 g/mol. The molecule has 0 saturated heterocycles. The molecule has 138 valence electrons. The second-order valence-corrected chi connectivity index (χ2v) is 5.48. The van der Waals surface area contributed by atoms with Gasteiger partial charge in [-0.1, -0.05) is 6.07 Å². The number of rotatable bonds is 5. The summed E-state index contributed by atoms with van der Waals surface area (Å²) in [4.78, 5) is 33.0. The summed E-state index contributed by atoms with van der Waals surface area (Å²) in [6.45, 7) is 1.51. The van der Waals surface area contributed by atoms with Gasteiger partial charge in [0, 0.05) is 17.2 Å². The number of hydrazone groups is 1. The minimum Gasteiger partial charge on any atom is -0.454 e. The first-order chi connectivity index (χ1) is 12.9. The summed E-state index contributed by atoms with van der Waals surface area (Å²) in [6.07, 6.45) is 1.08. The summed E-state index contributed by atoms with van der Waals surface area (Å²) in [5.74, 6) is -0.130. The van der Waals surface area contributed by atoms with Crippen LogP contribution in [0.2, 0.25) is 0 Å². The van der Waals surface area contributed by atoms with Gasteiger partial charge in [0.05, 0.1) is 27.7 Å². The van der Waals surface area contributed by atoms with Gasteiger partial charge >= 0.3 is 0 Å². The first-order valence-corrected chi connectivity index (χ1v) is 7.53. The third-order valence-electron chi connectivity index (χ3n) is 3.76. The van der Waals surface area contributed by atoms with E-state index in [-0.39, 0.29) is 35.0 Å². The van der Waals surface area contributed by atoms with Crippen molar-refractivity contribution < 1.29 is 24.1 Å². The first-order valence-electron chi connectivity index (χ1n) is 7.53. The summed E-state index contributed by atoms with van der Waals surface area (Å²) >= 11 is 0. The Balaban J connectivity index is 1.80. The second kappa shape index (κ2) is 7.07. The molecule has 1 heterocycles. The van der Waals surface area contributed by atoms with Crippen LogP contribution in [0.25, 0.3) is 0 Å². The highest BCUT2D eigenvalue weighted by Crippen LogP contribution is 2.37. The zero-order valence-corrected chi connectivity index (χ0v) is 13.9. The van der Waals surface area contributed by atoms with Crippen molar-refractivity contribution in [3.63, 3.8) is 0 Å². The van der Waals surface area contributed by atoms with Gasteiger partial charge in [-0.05, 0) is 19.1 Å². The fourth-order valence-electron chi connectivity index (χ4n) is 2.38. The fraction of sp³-hybridized carbons (Fsp3) is 0.125. The third-order valence-corrected chi connectivity index (χ3v) is 3.76. The molecule has 2 aromatic carbocycles. The van der Waals surface area contributed by atoms with E-state index in [0.717, 1.165) is 12.3 Å². The molecule has 3 rings (SSSR count). The summed E-state index contributed by atoms with van der Waals surface area (Å²) < 4.78 is 10.2. The number of nitro benzene ring substituents is 2. The number of hydrogen-bond acceptors (Lipinski definition) is 8. The fourth-order valence-corrected chi connectivity index (χ4v) is 2.38. The lowest BCUT2D eigenvalue weighted by molar-refractivity contribution is -0.385. The standard InChI is InChI=1S/C16H12N4O7/c1-9-2-3-10(4-12(9)19(22)23)16(21)18-17-7-11-5-14-15(27-8-26-14)6-13(11)20(24)25/h2-7H,8H2,1H3,(H,18,21)/b17-7+. The largest absolute Gasteiger partial charge is 0.454 e. The summed E-state index contributed by atoms with van der Waals surface area (Å²) in [5, 5.41) is 25.8. The number of nitrogens with zero attached hydrogens (tertiary/aromatic N) is 3. The van der Waals surface area contributed by atoms with E-state index in [4.69, 9.17) is 9.47 Å². The molecule has 0 aromatic heterocycles. The zero-order valence-electron chi connectivity index (χ0n) is 13.9. The van der Waals surface area contributed by atoms with Gasteiger partial charge in [0.1, 0.15) is 0 Å². The highest BCUT2D eigenvalue weighted by molar-refractivity contribution is 5.96. The van der Waals surface area contributed by atoms with Crippen LogP contribution in [-0.4, -0.2) is 28.8 Å². The molecule has 11 nitrogen and oxygen atoms in total. The van der Waals surface area contributed by atoms with Crippen LogP contribution in [0.5, 0.6) is 11.5 Å². The van der Waals surface area contributed by atoms with E-state index in [0.29, 0.717) is 11.3 Å². The van der Waals surface area contributed by atoms with Crippen LogP contribution in [0.15, 0.2) is 35.4 Å². The van der Waals surface area contributed by atoms with E-state index >= 15 is 0 Å². The minimum absolute atomic E-state index is 0.0321. The average molecular weight is 372 g/mol. The van der Waals surface area contributed by atoms with Crippen LogP contribution in [0.4, 0.5) is 11.4 Å². The number of nitrogens with one attached hydrogen (secondary N) is 1. The maximum Gasteiger partial charge on any atom is 0.282 e. The Kier molecular flexibility index (Phi) is 4.66. The second-order valence-electron chi connectivity index (χ2n) is 5.48. The molecule has 27 heavy (non-hydrogen) atoms. The van der Waals surface area contributed by atoms with Gasteiger partial charge in [-0.25, -0.2) is 5.43 Å². The van der Waals surface area contributed by atoms with E-state index in [1.165, 1.54) is 24.3 Å². The Morgan fingerprint density at radius 3 is 2.44 bits per heavy atom. The monoisotopic (exact) mass is 372 g/mol. The van der Waals surface area contributed by atoms with Crippen molar-refractivity contribution in [3.8, 4) is 11.5 Å².